The van der Waals surface area contributed by atoms with Gasteiger partial charge in [-0.1, -0.05) is 67.9 Å². The maximum Gasteiger partial charge on any atom is 0.148 e. The molecule has 0 fully saturated rings. The Balaban J connectivity index is 1.70. The topological polar surface area (TPSA) is 23.8 Å². The molecule has 0 amide bonds. The summed E-state index contributed by atoms with van der Waals surface area (Å²) in [6, 6.07) is 23.4. The summed E-state index contributed by atoms with van der Waals surface area (Å²) in [6.45, 7) is 2.14. The van der Waals surface area contributed by atoms with Gasteiger partial charge in [0.05, 0.1) is 5.56 Å². The molecule has 1 nitrogen and oxygen atoms in total. The molecule has 0 saturated carbocycles. The summed E-state index contributed by atoms with van der Waals surface area (Å²) in [7, 11) is 0. The van der Waals surface area contributed by atoms with Crippen LogP contribution in [0.15, 0.2) is 72.8 Å². The van der Waals surface area contributed by atoms with E-state index in [1.54, 1.807) is 30.3 Å². The predicted octanol–water partition coefficient (Wildman–Crippen LogP) is 7.28. The Kier molecular flexibility index (Phi) is 5.10. The molecule has 4 aromatic rings. The average Bonchev–Trinajstić information content (AvgIpc) is 2.74. The van der Waals surface area contributed by atoms with Gasteiger partial charge in [-0.15, -0.1) is 0 Å². The zero-order chi connectivity index (χ0) is 20.4. The lowest BCUT2D eigenvalue weighted by Gasteiger charge is -2.09. The van der Waals surface area contributed by atoms with Crippen LogP contribution in [0, 0.1) is 23.0 Å². The van der Waals surface area contributed by atoms with Crippen molar-refractivity contribution in [2.24, 2.45) is 0 Å². The number of fused-ring (bicyclic) bond motifs is 1. The fourth-order valence-corrected chi connectivity index (χ4v) is 3.63. The highest BCUT2D eigenvalue weighted by atomic mass is 19.1. The lowest BCUT2D eigenvalue weighted by Crippen LogP contribution is -1.90. The minimum atomic E-state index is -0.543. The van der Waals surface area contributed by atoms with Crippen LogP contribution in [-0.2, 0) is 6.42 Å². The monoisotopic (exact) mass is 383 g/mol. The molecule has 0 aliphatic heterocycles. The SMILES string of the molecule is CCCc1ccc(-c2ccc(-c3ccc4c(F)c(C#N)ccc4c3)c(F)c2)cc1. The molecule has 0 aliphatic carbocycles. The van der Waals surface area contributed by atoms with Crippen LogP contribution in [-0.4, -0.2) is 0 Å². The highest BCUT2D eigenvalue weighted by molar-refractivity contribution is 5.89. The molecular weight excluding hydrogens is 364 g/mol. The van der Waals surface area contributed by atoms with Crippen molar-refractivity contribution >= 4 is 10.8 Å². The van der Waals surface area contributed by atoms with Crippen molar-refractivity contribution in [2.45, 2.75) is 19.8 Å². The molecule has 0 bridgehead atoms. The standard InChI is InChI=1S/C26H19F2N/c1-2-3-17-4-6-18(7-5-17)19-10-12-23(25(27)15-19)20-11-13-24-21(14-20)8-9-22(16-29)26(24)28/h4-15H,2-3H2,1H3. The first-order valence-electron chi connectivity index (χ1n) is 9.62. The number of rotatable bonds is 4. The van der Waals surface area contributed by atoms with Gasteiger partial charge in [-0.25, -0.2) is 8.78 Å². The summed E-state index contributed by atoms with van der Waals surface area (Å²) in [5, 5.41) is 9.96. The Labute approximate surface area is 168 Å². The van der Waals surface area contributed by atoms with Crippen molar-refractivity contribution in [3.63, 3.8) is 0 Å². The van der Waals surface area contributed by atoms with Crippen molar-refractivity contribution in [1.29, 1.82) is 5.26 Å². The third-order valence-electron chi connectivity index (χ3n) is 5.18. The van der Waals surface area contributed by atoms with Gasteiger partial charge in [0.25, 0.3) is 0 Å². The van der Waals surface area contributed by atoms with Crippen LogP contribution in [0.5, 0.6) is 0 Å². The van der Waals surface area contributed by atoms with Gasteiger partial charge in [0.15, 0.2) is 0 Å². The zero-order valence-electron chi connectivity index (χ0n) is 16.0. The fourth-order valence-electron chi connectivity index (χ4n) is 3.63. The molecule has 0 aliphatic rings. The molecule has 0 spiro atoms. The maximum atomic E-state index is 14.9. The summed E-state index contributed by atoms with van der Waals surface area (Å²) in [5.41, 5.74) is 4.20. The summed E-state index contributed by atoms with van der Waals surface area (Å²) >= 11 is 0. The van der Waals surface area contributed by atoms with Gasteiger partial charge >= 0.3 is 0 Å². The van der Waals surface area contributed by atoms with Crippen molar-refractivity contribution in [3.8, 4) is 28.3 Å². The van der Waals surface area contributed by atoms with Crippen molar-refractivity contribution in [2.75, 3.05) is 0 Å². The van der Waals surface area contributed by atoms with Crippen molar-refractivity contribution in [1.82, 2.24) is 0 Å². The molecule has 4 aromatic carbocycles. The average molecular weight is 383 g/mol. The van der Waals surface area contributed by atoms with Gasteiger partial charge in [0.2, 0.25) is 0 Å². The van der Waals surface area contributed by atoms with Crippen molar-refractivity contribution in [3.05, 3.63) is 95.6 Å². The van der Waals surface area contributed by atoms with Gasteiger partial charge in [0.1, 0.15) is 17.7 Å². The first kappa shape index (κ1) is 18.8. The molecule has 0 radical (unpaired) electrons. The second kappa shape index (κ2) is 7.85. The zero-order valence-corrected chi connectivity index (χ0v) is 16.0. The van der Waals surface area contributed by atoms with Gasteiger partial charge < -0.3 is 0 Å². The molecular formula is C26H19F2N. The molecule has 3 heteroatoms. The minimum Gasteiger partial charge on any atom is -0.206 e. The van der Waals surface area contributed by atoms with E-state index in [2.05, 4.69) is 19.1 Å². The Morgan fingerprint density at radius 2 is 1.52 bits per heavy atom. The quantitative estimate of drug-likeness (QED) is 0.363. The largest absolute Gasteiger partial charge is 0.206 e. The highest BCUT2D eigenvalue weighted by Crippen LogP contribution is 2.31. The Hall–Kier alpha value is -3.51. The number of benzene rings is 4. The maximum absolute atomic E-state index is 14.9. The molecule has 0 unspecified atom stereocenters. The fraction of sp³-hybridized carbons (Fsp3) is 0.115. The Bertz CT molecular complexity index is 1230. The second-order valence-corrected chi connectivity index (χ2v) is 7.12. The molecule has 0 heterocycles. The molecule has 0 aromatic heterocycles. The third kappa shape index (κ3) is 3.62. The minimum absolute atomic E-state index is 0.00531. The number of nitriles is 1. The number of hydrogen-bond donors (Lipinski definition) is 0. The van der Waals surface area contributed by atoms with E-state index in [-0.39, 0.29) is 11.4 Å². The summed E-state index contributed by atoms with van der Waals surface area (Å²) in [4.78, 5) is 0. The van der Waals surface area contributed by atoms with Crippen LogP contribution in [0.3, 0.4) is 0 Å². The number of nitrogens with zero attached hydrogens (tertiary/aromatic N) is 1. The Morgan fingerprint density at radius 1 is 0.793 bits per heavy atom. The molecule has 0 saturated heterocycles. The molecule has 0 N–H and O–H groups in total. The molecule has 142 valence electrons. The van der Waals surface area contributed by atoms with E-state index in [0.717, 1.165) is 24.0 Å². The van der Waals surface area contributed by atoms with Crippen LogP contribution < -0.4 is 0 Å². The summed E-state index contributed by atoms with van der Waals surface area (Å²) in [6.07, 6.45) is 2.13. The van der Waals surface area contributed by atoms with Gasteiger partial charge in [-0.3, -0.25) is 0 Å². The number of halogens is 2. The normalized spacial score (nSPS) is 10.8. The summed E-state index contributed by atoms with van der Waals surface area (Å²) < 4.78 is 29.2. The van der Waals surface area contributed by atoms with E-state index in [4.69, 9.17) is 5.26 Å². The van der Waals surface area contributed by atoms with E-state index in [1.807, 2.05) is 24.3 Å². The van der Waals surface area contributed by atoms with Gasteiger partial charge in [-0.05, 0) is 52.3 Å². The van der Waals surface area contributed by atoms with Crippen LogP contribution >= 0.6 is 0 Å². The Morgan fingerprint density at radius 3 is 2.21 bits per heavy atom. The lowest BCUT2D eigenvalue weighted by molar-refractivity contribution is 0.632. The molecule has 29 heavy (non-hydrogen) atoms. The summed E-state index contributed by atoms with van der Waals surface area (Å²) in [5.74, 6) is -0.868. The number of aryl methyl sites for hydroxylation is 1. The van der Waals surface area contributed by atoms with Crippen molar-refractivity contribution < 1.29 is 8.78 Å². The van der Waals surface area contributed by atoms with E-state index in [9.17, 15) is 8.78 Å². The smallest absolute Gasteiger partial charge is 0.148 e. The van der Waals surface area contributed by atoms with Crippen LogP contribution in [0.25, 0.3) is 33.0 Å². The van der Waals surface area contributed by atoms with Gasteiger partial charge in [0, 0.05) is 10.9 Å². The van der Waals surface area contributed by atoms with Crippen LogP contribution in [0.2, 0.25) is 0 Å². The van der Waals surface area contributed by atoms with E-state index < -0.39 is 5.82 Å². The first-order chi connectivity index (χ1) is 14.1. The number of hydrogen-bond acceptors (Lipinski definition) is 1. The van der Waals surface area contributed by atoms with E-state index in [0.29, 0.717) is 21.9 Å². The molecule has 4 rings (SSSR count). The van der Waals surface area contributed by atoms with Gasteiger partial charge in [-0.2, -0.15) is 5.26 Å². The molecule has 0 atom stereocenters. The third-order valence-corrected chi connectivity index (χ3v) is 5.18. The van der Waals surface area contributed by atoms with E-state index >= 15 is 0 Å². The highest BCUT2D eigenvalue weighted by Gasteiger charge is 2.11. The lowest BCUT2D eigenvalue weighted by atomic mass is 9.96. The van der Waals surface area contributed by atoms with Crippen LogP contribution in [0.4, 0.5) is 8.78 Å². The second-order valence-electron chi connectivity index (χ2n) is 7.12. The predicted molar refractivity (Wildman–Crippen MR) is 113 cm³/mol. The van der Waals surface area contributed by atoms with E-state index in [1.165, 1.54) is 17.7 Å². The van der Waals surface area contributed by atoms with Crippen LogP contribution in [0.1, 0.15) is 24.5 Å². The first-order valence-corrected chi connectivity index (χ1v) is 9.62.